The second-order valence-corrected chi connectivity index (χ2v) is 3.29. The first kappa shape index (κ1) is 11.3. The quantitative estimate of drug-likeness (QED) is 0.752. The molecule has 1 rings (SSSR count). The lowest BCUT2D eigenvalue weighted by Crippen LogP contribution is -2.01. The van der Waals surface area contributed by atoms with Crippen molar-refractivity contribution in [3.63, 3.8) is 0 Å². The summed E-state index contributed by atoms with van der Waals surface area (Å²) in [7, 11) is 0. The highest BCUT2D eigenvalue weighted by Gasteiger charge is 2.02. The van der Waals surface area contributed by atoms with E-state index < -0.39 is 0 Å². The minimum Gasteiger partial charge on any atom is -0.347 e. The minimum atomic E-state index is 0.686. The minimum absolute atomic E-state index is 0.686. The number of hydrogen-bond acceptors (Lipinski definition) is 2. The lowest BCUT2D eigenvalue weighted by atomic mass is 10.1. The molecule has 2 nitrogen and oxygen atoms in total. The van der Waals surface area contributed by atoms with Crippen molar-refractivity contribution >= 4 is 5.69 Å². The third kappa shape index (κ3) is 3.14. The van der Waals surface area contributed by atoms with Crippen LogP contribution in [0.3, 0.4) is 0 Å². The molecule has 0 radical (unpaired) electrons. The Bertz CT molecular complexity index is 365. The largest absolute Gasteiger partial charge is 0.347 e. The van der Waals surface area contributed by atoms with Crippen molar-refractivity contribution in [1.29, 1.82) is 5.26 Å². The fourth-order valence-corrected chi connectivity index (χ4v) is 1.46. The normalized spacial score (nSPS) is 9.13. The maximum absolute atomic E-state index is 9.05. The average Bonchev–Trinajstić information content (AvgIpc) is 2.30. The zero-order valence-electron chi connectivity index (χ0n) is 9.25. The lowest BCUT2D eigenvalue weighted by Gasteiger charge is -2.08. The number of rotatable bonds is 4. The van der Waals surface area contributed by atoms with Crippen LogP contribution in [0.5, 0.6) is 0 Å². The summed E-state index contributed by atoms with van der Waals surface area (Å²) >= 11 is 0. The van der Waals surface area contributed by atoms with Gasteiger partial charge in [-0.05, 0) is 30.5 Å². The number of nitrogens with one attached hydrogen (secondary N) is 1. The molecule has 1 N–H and O–H groups in total. The maximum atomic E-state index is 9.05. The van der Waals surface area contributed by atoms with Crippen LogP contribution < -0.4 is 5.32 Å². The molecule has 78 valence electrons. The zero-order chi connectivity index (χ0) is 11.1. The van der Waals surface area contributed by atoms with Gasteiger partial charge in [-0.1, -0.05) is 32.0 Å². The van der Waals surface area contributed by atoms with Crippen LogP contribution in [-0.4, -0.2) is 0 Å². The summed E-state index contributed by atoms with van der Waals surface area (Å²) < 4.78 is 0. The SMILES string of the molecule is CCC(CC)=C(C#N)Nc1ccccc1. The fourth-order valence-electron chi connectivity index (χ4n) is 1.46. The summed E-state index contributed by atoms with van der Waals surface area (Å²) in [5.74, 6) is 0. The van der Waals surface area contributed by atoms with Gasteiger partial charge in [-0.3, -0.25) is 0 Å². The molecular formula is C13H16N2. The summed E-state index contributed by atoms with van der Waals surface area (Å²) in [6, 6.07) is 12.0. The Morgan fingerprint density at radius 3 is 2.27 bits per heavy atom. The zero-order valence-corrected chi connectivity index (χ0v) is 9.25. The number of benzene rings is 1. The van der Waals surface area contributed by atoms with E-state index in [9.17, 15) is 0 Å². The summed E-state index contributed by atoms with van der Waals surface area (Å²) in [6.07, 6.45) is 1.83. The van der Waals surface area contributed by atoms with Crippen molar-refractivity contribution in [3.05, 3.63) is 41.6 Å². The van der Waals surface area contributed by atoms with E-state index in [0.717, 1.165) is 18.5 Å². The molecule has 0 saturated carbocycles. The van der Waals surface area contributed by atoms with E-state index in [0.29, 0.717) is 5.70 Å². The highest BCUT2D eigenvalue weighted by Crippen LogP contribution is 2.15. The molecule has 0 amide bonds. The van der Waals surface area contributed by atoms with Crippen LogP contribution in [0.2, 0.25) is 0 Å². The van der Waals surface area contributed by atoms with E-state index in [-0.39, 0.29) is 0 Å². The van der Waals surface area contributed by atoms with Crippen molar-refractivity contribution in [2.24, 2.45) is 0 Å². The maximum Gasteiger partial charge on any atom is 0.117 e. The molecule has 0 bridgehead atoms. The van der Waals surface area contributed by atoms with Gasteiger partial charge < -0.3 is 5.32 Å². The van der Waals surface area contributed by atoms with Gasteiger partial charge in [0.15, 0.2) is 0 Å². The molecular weight excluding hydrogens is 184 g/mol. The van der Waals surface area contributed by atoms with Crippen molar-refractivity contribution in [2.45, 2.75) is 26.7 Å². The van der Waals surface area contributed by atoms with E-state index in [1.165, 1.54) is 5.57 Å². The van der Waals surface area contributed by atoms with E-state index >= 15 is 0 Å². The van der Waals surface area contributed by atoms with Gasteiger partial charge in [0.1, 0.15) is 11.8 Å². The van der Waals surface area contributed by atoms with Crippen molar-refractivity contribution in [1.82, 2.24) is 0 Å². The second-order valence-electron chi connectivity index (χ2n) is 3.29. The van der Waals surface area contributed by atoms with Crippen LogP contribution >= 0.6 is 0 Å². The first-order valence-corrected chi connectivity index (χ1v) is 5.26. The number of nitriles is 1. The standard InChI is InChI=1S/C13H16N2/c1-3-11(4-2)13(10-14)15-12-8-6-5-7-9-12/h5-9,15H,3-4H2,1-2H3. The fraction of sp³-hybridized carbons (Fsp3) is 0.308. The van der Waals surface area contributed by atoms with Gasteiger partial charge in [0.05, 0.1) is 0 Å². The van der Waals surface area contributed by atoms with Crippen LogP contribution in [-0.2, 0) is 0 Å². The number of para-hydroxylation sites is 1. The molecule has 1 aromatic rings. The third-order valence-corrected chi connectivity index (χ3v) is 2.36. The molecule has 0 fully saturated rings. The third-order valence-electron chi connectivity index (χ3n) is 2.36. The van der Waals surface area contributed by atoms with Gasteiger partial charge in [0, 0.05) is 5.69 Å². The Kier molecular flexibility index (Phi) is 4.43. The van der Waals surface area contributed by atoms with Crippen LogP contribution in [0.25, 0.3) is 0 Å². The lowest BCUT2D eigenvalue weighted by molar-refractivity contribution is 0.959. The Hall–Kier alpha value is -1.75. The molecule has 1 aromatic carbocycles. The average molecular weight is 200 g/mol. The molecule has 0 unspecified atom stereocenters. The number of hydrogen-bond donors (Lipinski definition) is 1. The molecule has 15 heavy (non-hydrogen) atoms. The summed E-state index contributed by atoms with van der Waals surface area (Å²) in [6.45, 7) is 4.14. The Morgan fingerprint density at radius 2 is 1.80 bits per heavy atom. The number of anilines is 1. The van der Waals surface area contributed by atoms with Crippen molar-refractivity contribution < 1.29 is 0 Å². The van der Waals surface area contributed by atoms with E-state index in [2.05, 4.69) is 25.2 Å². The Balaban J connectivity index is 2.88. The Labute approximate surface area is 91.2 Å². The predicted molar refractivity (Wildman–Crippen MR) is 63.3 cm³/mol. The summed E-state index contributed by atoms with van der Waals surface area (Å²) in [4.78, 5) is 0. The smallest absolute Gasteiger partial charge is 0.117 e. The van der Waals surface area contributed by atoms with Gasteiger partial charge in [0.25, 0.3) is 0 Å². The van der Waals surface area contributed by atoms with Crippen LogP contribution in [0.15, 0.2) is 41.6 Å². The number of nitrogens with zero attached hydrogens (tertiary/aromatic N) is 1. The van der Waals surface area contributed by atoms with Gasteiger partial charge in [-0.15, -0.1) is 0 Å². The van der Waals surface area contributed by atoms with Crippen LogP contribution in [0.4, 0.5) is 5.69 Å². The molecule has 0 spiro atoms. The van der Waals surface area contributed by atoms with E-state index in [1.807, 2.05) is 30.3 Å². The molecule has 0 atom stereocenters. The van der Waals surface area contributed by atoms with Gasteiger partial charge >= 0.3 is 0 Å². The van der Waals surface area contributed by atoms with Gasteiger partial charge in [0.2, 0.25) is 0 Å². The second kappa shape index (κ2) is 5.87. The monoisotopic (exact) mass is 200 g/mol. The highest BCUT2D eigenvalue weighted by atomic mass is 14.9. The number of allylic oxidation sites excluding steroid dienone is 2. The van der Waals surface area contributed by atoms with Gasteiger partial charge in [-0.25, -0.2) is 0 Å². The Morgan fingerprint density at radius 1 is 1.20 bits per heavy atom. The molecule has 0 aliphatic rings. The first-order chi connectivity index (χ1) is 7.31. The predicted octanol–water partition coefficient (Wildman–Crippen LogP) is 3.70. The molecule has 0 saturated heterocycles. The molecule has 0 aromatic heterocycles. The van der Waals surface area contributed by atoms with Gasteiger partial charge in [-0.2, -0.15) is 5.26 Å². The van der Waals surface area contributed by atoms with Crippen molar-refractivity contribution in [3.8, 4) is 6.07 Å². The summed E-state index contributed by atoms with van der Waals surface area (Å²) in [5, 5.41) is 12.2. The first-order valence-electron chi connectivity index (χ1n) is 5.26. The summed E-state index contributed by atoms with van der Waals surface area (Å²) in [5.41, 5.74) is 2.82. The highest BCUT2D eigenvalue weighted by molar-refractivity contribution is 5.52. The molecule has 0 aliphatic heterocycles. The van der Waals surface area contributed by atoms with E-state index in [4.69, 9.17) is 5.26 Å². The molecule has 0 aliphatic carbocycles. The molecule has 0 heterocycles. The molecule has 2 heteroatoms. The van der Waals surface area contributed by atoms with Crippen LogP contribution in [0, 0.1) is 11.3 Å². The topological polar surface area (TPSA) is 35.8 Å². The van der Waals surface area contributed by atoms with Crippen molar-refractivity contribution in [2.75, 3.05) is 5.32 Å². The van der Waals surface area contributed by atoms with E-state index in [1.54, 1.807) is 0 Å². The van der Waals surface area contributed by atoms with Crippen LogP contribution in [0.1, 0.15) is 26.7 Å².